The maximum atomic E-state index is 12.5. The molecule has 1 aromatic rings. The average Bonchev–Trinajstić information content (AvgIpc) is 2.54. The van der Waals surface area contributed by atoms with Crippen molar-refractivity contribution in [2.45, 2.75) is 51.0 Å². The van der Waals surface area contributed by atoms with Crippen LogP contribution in [-0.2, 0) is 14.8 Å². The number of nitrogens with one attached hydrogen (secondary N) is 1. The molecule has 1 aromatic carbocycles. The monoisotopic (exact) mass is 365 g/mol. The first kappa shape index (κ1) is 21.1. The van der Waals surface area contributed by atoms with Crippen LogP contribution < -0.4 is 5.32 Å². The number of hydrogen-bond donors (Lipinski definition) is 1. The molecule has 0 saturated heterocycles. The van der Waals surface area contributed by atoms with Gasteiger partial charge in [-0.1, -0.05) is 26.7 Å². The maximum Gasteiger partial charge on any atom is 0.243 e. The van der Waals surface area contributed by atoms with Crippen molar-refractivity contribution in [3.05, 3.63) is 29.8 Å². The van der Waals surface area contributed by atoms with E-state index in [9.17, 15) is 13.2 Å². The molecule has 6 nitrogen and oxygen atoms in total. The van der Waals surface area contributed by atoms with E-state index < -0.39 is 10.0 Å². The largest absolute Gasteiger partial charge is 0.353 e. The van der Waals surface area contributed by atoms with E-state index in [1.165, 1.54) is 31.3 Å². The van der Waals surface area contributed by atoms with E-state index in [0.29, 0.717) is 11.5 Å². The molecule has 1 unspecified atom stereocenters. The number of carbonyl (C=O) groups excluding carboxylic acids is 1. The fourth-order valence-corrected chi connectivity index (χ4v) is 3.52. The minimum Gasteiger partial charge on any atom is -0.353 e. The molecule has 0 spiro atoms. The SMILES string of the molecule is CC(C)CCCC(C)NC(=O)CN(C)S(=O)(=O)c1ccc(C#N)cc1. The highest BCUT2D eigenvalue weighted by Crippen LogP contribution is 2.15. The molecule has 7 heteroatoms. The topological polar surface area (TPSA) is 90.3 Å². The van der Waals surface area contributed by atoms with Crippen LogP contribution in [0.1, 0.15) is 45.6 Å². The Hall–Kier alpha value is -1.91. The van der Waals surface area contributed by atoms with Gasteiger partial charge in [-0.15, -0.1) is 0 Å². The summed E-state index contributed by atoms with van der Waals surface area (Å²) in [6, 6.07) is 7.58. The number of likely N-dealkylation sites (N-methyl/N-ethyl adjacent to an activating group) is 1. The molecule has 0 aliphatic rings. The van der Waals surface area contributed by atoms with E-state index >= 15 is 0 Å². The van der Waals surface area contributed by atoms with E-state index in [-0.39, 0.29) is 23.4 Å². The number of nitriles is 1. The van der Waals surface area contributed by atoms with Gasteiger partial charge >= 0.3 is 0 Å². The summed E-state index contributed by atoms with van der Waals surface area (Å²) in [5, 5.41) is 11.6. The van der Waals surface area contributed by atoms with Crippen molar-refractivity contribution >= 4 is 15.9 Å². The predicted octanol–water partition coefficient (Wildman–Crippen LogP) is 2.51. The van der Waals surface area contributed by atoms with Crippen LogP contribution >= 0.6 is 0 Å². The molecule has 0 radical (unpaired) electrons. The predicted molar refractivity (Wildman–Crippen MR) is 97.3 cm³/mol. The van der Waals surface area contributed by atoms with E-state index in [4.69, 9.17) is 5.26 Å². The van der Waals surface area contributed by atoms with Crippen molar-refractivity contribution in [2.24, 2.45) is 5.92 Å². The molecule has 1 atom stereocenters. The molecule has 138 valence electrons. The van der Waals surface area contributed by atoms with Gasteiger partial charge in [-0.25, -0.2) is 8.42 Å². The van der Waals surface area contributed by atoms with Crippen molar-refractivity contribution in [1.29, 1.82) is 5.26 Å². The highest BCUT2D eigenvalue weighted by molar-refractivity contribution is 7.89. The fourth-order valence-electron chi connectivity index (χ4n) is 2.39. The van der Waals surface area contributed by atoms with Gasteiger partial charge in [0.15, 0.2) is 0 Å². The van der Waals surface area contributed by atoms with Gasteiger partial charge in [0.25, 0.3) is 0 Å². The van der Waals surface area contributed by atoms with E-state index in [1.54, 1.807) is 0 Å². The van der Waals surface area contributed by atoms with Gasteiger partial charge in [0.05, 0.1) is 23.1 Å². The first-order chi connectivity index (χ1) is 11.7. The summed E-state index contributed by atoms with van der Waals surface area (Å²) in [4.78, 5) is 12.1. The zero-order valence-corrected chi connectivity index (χ0v) is 16.1. The number of rotatable bonds is 9. The van der Waals surface area contributed by atoms with Crippen molar-refractivity contribution in [1.82, 2.24) is 9.62 Å². The van der Waals surface area contributed by atoms with Crippen LogP contribution in [0, 0.1) is 17.2 Å². The van der Waals surface area contributed by atoms with E-state index in [0.717, 1.165) is 23.6 Å². The quantitative estimate of drug-likeness (QED) is 0.728. The third kappa shape index (κ3) is 6.85. The minimum atomic E-state index is -3.76. The Morgan fingerprint density at radius 3 is 2.32 bits per heavy atom. The van der Waals surface area contributed by atoms with Gasteiger partial charge in [-0.05, 0) is 43.5 Å². The number of carbonyl (C=O) groups is 1. The fraction of sp³-hybridized carbons (Fsp3) is 0.556. The number of nitrogens with zero attached hydrogens (tertiary/aromatic N) is 2. The van der Waals surface area contributed by atoms with Gasteiger partial charge in [0.2, 0.25) is 15.9 Å². The van der Waals surface area contributed by atoms with Crippen molar-refractivity contribution in [2.75, 3.05) is 13.6 Å². The summed E-state index contributed by atoms with van der Waals surface area (Å²) in [7, 11) is -2.39. The van der Waals surface area contributed by atoms with E-state index in [1.807, 2.05) is 13.0 Å². The summed E-state index contributed by atoms with van der Waals surface area (Å²) in [5.41, 5.74) is 0.384. The lowest BCUT2D eigenvalue weighted by atomic mass is 10.0. The molecule has 1 amide bonds. The Labute approximate surface area is 150 Å². The third-order valence-corrected chi connectivity index (χ3v) is 5.70. The van der Waals surface area contributed by atoms with Gasteiger partial charge in [-0.3, -0.25) is 4.79 Å². The smallest absolute Gasteiger partial charge is 0.243 e. The minimum absolute atomic E-state index is 0.0114. The zero-order valence-electron chi connectivity index (χ0n) is 15.3. The summed E-state index contributed by atoms with van der Waals surface area (Å²) in [5.74, 6) is 0.309. The molecule has 0 aromatic heterocycles. The summed E-state index contributed by atoms with van der Waals surface area (Å²) >= 11 is 0. The molecule has 0 bridgehead atoms. The summed E-state index contributed by atoms with van der Waals surface area (Å²) in [6.07, 6.45) is 3.00. The average molecular weight is 365 g/mol. The molecule has 0 heterocycles. The first-order valence-electron chi connectivity index (χ1n) is 8.42. The second-order valence-electron chi connectivity index (χ2n) is 6.69. The lowest BCUT2D eigenvalue weighted by Gasteiger charge is -2.19. The lowest BCUT2D eigenvalue weighted by Crippen LogP contribution is -2.41. The second kappa shape index (κ2) is 9.54. The molecule has 0 saturated carbocycles. The van der Waals surface area contributed by atoms with Crippen LogP contribution in [0.5, 0.6) is 0 Å². The van der Waals surface area contributed by atoms with Crippen LogP contribution in [0.25, 0.3) is 0 Å². The summed E-state index contributed by atoms with van der Waals surface area (Å²) < 4.78 is 25.9. The van der Waals surface area contributed by atoms with Crippen LogP contribution in [0.2, 0.25) is 0 Å². The Bertz CT molecular complexity index is 706. The molecule has 25 heavy (non-hydrogen) atoms. The highest BCUT2D eigenvalue weighted by Gasteiger charge is 2.23. The van der Waals surface area contributed by atoms with Gasteiger partial charge < -0.3 is 5.32 Å². The Balaban J connectivity index is 2.59. The van der Waals surface area contributed by atoms with Crippen LogP contribution in [-0.4, -0.2) is 38.3 Å². The summed E-state index contributed by atoms with van der Waals surface area (Å²) in [6.45, 7) is 6.00. The molecular formula is C18H27N3O3S. The van der Waals surface area contributed by atoms with Crippen LogP contribution in [0.3, 0.4) is 0 Å². The van der Waals surface area contributed by atoms with Crippen LogP contribution in [0.15, 0.2) is 29.2 Å². The standard InChI is InChI=1S/C18H27N3O3S/c1-14(2)6-5-7-15(3)20-18(22)13-21(4)25(23,24)17-10-8-16(12-19)9-11-17/h8-11,14-15H,5-7,13H2,1-4H3,(H,20,22). The van der Waals surface area contributed by atoms with Gasteiger partial charge in [0, 0.05) is 13.1 Å². The molecule has 1 N–H and O–H groups in total. The molecule has 0 aliphatic carbocycles. The Kier molecular flexibility index (Phi) is 8.07. The second-order valence-corrected chi connectivity index (χ2v) is 8.74. The number of hydrogen-bond acceptors (Lipinski definition) is 4. The number of sulfonamides is 1. The molecular weight excluding hydrogens is 338 g/mol. The van der Waals surface area contributed by atoms with Gasteiger partial charge in [0.1, 0.15) is 0 Å². The zero-order chi connectivity index (χ0) is 19.0. The third-order valence-electron chi connectivity index (χ3n) is 3.88. The van der Waals surface area contributed by atoms with Gasteiger partial charge in [-0.2, -0.15) is 9.57 Å². The number of benzene rings is 1. The molecule has 0 aliphatic heterocycles. The molecule has 0 fully saturated rings. The maximum absolute atomic E-state index is 12.5. The van der Waals surface area contributed by atoms with E-state index in [2.05, 4.69) is 19.2 Å². The van der Waals surface area contributed by atoms with Crippen LogP contribution in [0.4, 0.5) is 0 Å². The number of amides is 1. The lowest BCUT2D eigenvalue weighted by molar-refractivity contribution is -0.121. The van der Waals surface area contributed by atoms with Crippen molar-refractivity contribution in [3.8, 4) is 6.07 Å². The van der Waals surface area contributed by atoms with Crippen molar-refractivity contribution < 1.29 is 13.2 Å². The van der Waals surface area contributed by atoms with Crippen molar-refractivity contribution in [3.63, 3.8) is 0 Å². The first-order valence-corrected chi connectivity index (χ1v) is 9.86. The molecule has 1 rings (SSSR count). The Morgan fingerprint density at radius 1 is 1.20 bits per heavy atom. The highest BCUT2D eigenvalue weighted by atomic mass is 32.2. The Morgan fingerprint density at radius 2 is 1.80 bits per heavy atom. The normalized spacial score (nSPS) is 12.8.